The average Bonchev–Trinajstić information content (AvgIpc) is 2.49. The van der Waals surface area contributed by atoms with Crippen LogP contribution in [0.3, 0.4) is 0 Å². The number of hydrogen-bond acceptors (Lipinski definition) is 4. The number of carbonyl (C=O) groups excluding carboxylic acids is 1. The highest BCUT2D eigenvalue weighted by molar-refractivity contribution is 5.99. The molecule has 1 aromatic rings. The Hall–Kier alpha value is -2.07. The van der Waals surface area contributed by atoms with Gasteiger partial charge in [-0.1, -0.05) is 24.3 Å². The van der Waals surface area contributed by atoms with Gasteiger partial charge in [0.1, 0.15) is 5.75 Å². The quantitative estimate of drug-likeness (QED) is 0.877. The van der Waals surface area contributed by atoms with E-state index < -0.39 is 0 Å². The van der Waals surface area contributed by atoms with Crippen LogP contribution in [0.4, 0.5) is 0 Å². The lowest BCUT2D eigenvalue weighted by atomic mass is 9.87. The minimum absolute atomic E-state index is 0.110. The SMILES string of the molecule is C=C(N)C1C(C(=O)Cc2cccc(OCC)c2)=C(C)CCN1C. The van der Waals surface area contributed by atoms with Gasteiger partial charge in [0.25, 0.3) is 0 Å². The predicted octanol–water partition coefficient (Wildman–Crippen LogP) is 2.69. The molecule has 1 heterocycles. The highest BCUT2D eigenvalue weighted by Crippen LogP contribution is 2.27. The summed E-state index contributed by atoms with van der Waals surface area (Å²) < 4.78 is 5.51. The summed E-state index contributed by atoms with van der Waals surface area (Å²) in [5.41, 5.74) is 9.36. The summed E-state index contributed by atoms with van der Waals surface area (Å²) in [4.78, 5) is 15.0. The molecule has 124 valence electrons. The van der Waals surface area contributed by atoms with Crippen LogP contribution >= 0.6 is 0 Å². The first-order chi connectivity index (χ1) is 10.9. The summed E-state index contributed by atoms with van der Waals surface area (Å²) in [5, 5.41) is 0. The van der Waals surface area contributed by atoms with Crippen LogP contribution in [0.25, 0.3) is 0 Å². The van der Waals surface area contributed by atoms with Crippen molar-refractivity contribution < 1.29 is 9.53 Å². The first kappa shape index (κ1) is 17.3. The number of Topliss-reactive ketones (excluding diaryl/α,β-unsaturated/α-hetero) is 1. The second-order valence-electron chi connectivity index (χ2n) is 6.08. The van der Waals surface area contributed by atoms with Gasteiger partial charge < -0.3 is 10.5 Å². The summed E-state index contributed by atoms with van der Waals surface area (Å²) >= 11 is 0. The maximum absolute atomic E-state index is 12.9. The van der Waals surface area contributed by atoms with E-state index in [0.717, 1.165) is 35.4 Å². The minimum Gasteiger partial charge on any atom is -0.494 e. The van der Waals surface area contributed by atoms with Crippen LogP contribution < -0.4 is 10.5 Å². The Labute approximate surface area is 138 Å². The monoisotopic (exact) mass is 314 g/mol. The van der Waals surface area contributed by atoms with Crippen LogP contribution in [0, 0.1) is 0 Å². The summed E-state index contributed by atoms with van der Waals surface area (Å²) in [6, 6.07) is 7.51. The minimum atomic E-state index is -0.189. The topological polar surface area (TPSA) is 55.6 Å². The van der Waals surface area contributed by atoms with E-state index in [9.17, 15) is 4.79 Å². The zero-order chi connectivity index (χ0) is 17.0. The fourth-order valence-corrected chi connectivity index (χ4v) is 3.11. The van der Waals surface area contributed by atoms with E-state index in [0.29, 0.717) is 18.7 Å². The van der Waals surface area contributed by atoms with Gasteiger partial charge in [-0.25, -0.2) is 0 Å². The third-order valence-corrected chi connectivity index (χ3v) is 4.24. The lowest BCUT2D eigenvalue weighted by Gasteiger charge is -2.35. The smallest absolute Gasteiger partial charge is 0.165 e. The van der Waals surface area contributed by atoms with Gasteiger partial charge in [0.2, 0.25) is 0 Å². The number of nitrogens with two attached hydrogens (primary N) is 1. The van der Waals surface area contributed by atoms with Crippen molar-refractivity contribution in [1.29, 1.82) is 0 Å². The number of benzene rings is 1. The number of hydrogen-bond donors (Lipinski definition) is 1. The highest BCUT2D eigenvalue weighted by Gasteiger charge is 2.31. The number of ketones is 1. The van der Waals surface area contributed by atoms with E-state index >= 15 is 0 Å². The first-order valence-corrected chi connectivity index (χ1v) is 8.03. The van der Waals surface area contributed by atoms with Gasteiger partial charge in [-0.15, -0.1) is 0 Å². The maximum atomic E-state index is 12.9. The fraction of sp³-hybridized carbons (Fsp3) is 0.421. The lowest BCUT2D eigenvalue weighted by Crippen LogP contribution is -2.43. The molecular weight excluding hydrogens is 288 g/mol. The van der Waals surface area contributed by atoms with Crippen molar-refractivity contribution in [2.24, 2.45) is 5.73 Å². The molecule has 2 rings (SSSR count). The number of ether oxygens (including phenoxy) is 1. The zero-order valence-corrected chi connectivity index (χ0v) is 14.3. The van der Waals surface area contributed by atoms with Gasteiger partial charge in [-0.2, -0.15) is 0 Å². The Morgan fingerprint density at radius 3 is 2.87 bits per heavy atom. The molecular formula is C19H26N2O2. The Kier molecular flexibility index (Phi) is 5.61. The molecule has 2 N–H and O–H groups in total. The van der Waals surface area contributed by atoms with Crippen LogP contribution in [-0.4, -0.2) is 36.9 Å². The van der Waals surface area contributed by atoms with Crippen molar-refractivity contribution >= 4 is 5.78 Å². The molecule has 0 saturated carbocycles. The molecule has 0 saturated heterocycles. The average molecular weight is 314 g/mol. The number of rotatable bonds is 6. The Morgan fingerprint density at radius 2 is 2.22 bits per heavy atom. The van der Waals surface area contributed by atoms with Gasteiger partial charge in [-0.05, 0) is 45.0 Å². The molecule has 1 aliphatic heterocycles. The van der Waals surface area contributed by atoms with E-state index in [1.165, 1.54) is 0 Å². The third-order valence-electron chi connectivity index (χ3n) is 4.24. The molecule has 0 aromatic heterocycles. The van der Waals surface area contributed by atoms with Crippen LogP contribution in [0.5, 0.6) is 5.75 Å². The van der Waals surface area contributed by atoms with Crippen molar-refractivity contribution in [3.05, 3.63) is 53.3 Å². The maximum Gasteiger partial charge on any atom is 0.165 e. The van der Waals surface area contributed by atoms with Crippen LogP contribution in [0.1, 0.15) is 25.8 Å². The van der Waals surface area contributed by atoms with Crippen LogP contribution in [0.2, 0.25) is 0 Å². The largest absolute Gasteiger partial charge is 0.494 e. The second-order valence-corrected chi connectivity index (χ2v) is 6.08. The van der Waals surface area contributed by atoms with Crippen molar-refractivity contribution in [3.8, 4) is 5.75 Å². The fourth-order valence-electron chi connectivity index (χ4n) is 3.11. The molecule has 0 bridgehead atoms. The standard InChI is InChI=1S/C19H26N2O2/c1-5-23-16-8-6-7-15(11-16)12-17(22)18-13(2)9-10-21(4)19(18)14(3)20/h6-8,11,19H,3,5,9-10,12,20H2,1-2,4H3. The predicted molar refractivity (Wildman–Crippen MR) is 93.4 cm³/mol. The highest BCUT2D eigenvalue weighted by atomic mass is 16.5. The van der Waals surface area contributed by atoms with Crippen LogP contribution in [-0.2, 0) is 11.2 Å². The first-order valence-electron chi connectivity index (χ1n) is 8.03. The van der Waals surface area contributed by atoms with E-state index in [-0.39, 0.29) is 11.8 Å². The summed E-state index contributed by atoms with van der Waals surface area (Å²) in [6.45, 7) is 9.34. The molecule has 0 spiro atoms. The summed E-state index contributed by atoms with van der Waals surface area (Å²) in [5.74, 6) is 0.906. The van der Waals surface area contributed by atoms with E-state index in [2.05, 4.69) is 11.5 Å². The second kappa shape index (κ2) is 7.47. The Balaban J connectivity index is 2.24. The number of likely N-dealkylation sites (N-methyl/N-ethyl adjacent to an activating group) is 1. The molecule has 0 radical (unpaired) electrons. The molecule has 1 atom stereocenters. The molecule has 1 unspecified atom stereocenters. The summed E-state index contributed by atoms with van der Waals surface area (Å²) in [7, 11) is 1.98. The van der Waals surface area contributed by atoms with E-state index in [4.69, 9.17) is 10.5 Å². The molecule has 1 aromatic carbocycles. The van der Waals surface area contributed by atoms with Crippen LogP contribution in [0.15, 0.2) is 47.7 Å². The Bertz CT molecular complexity index is 634. The molecule has 4 heteroatoms. The van der Waals surface area contributed by atoms with Crippen molar-refractivity contribution in [2.45, 2.75) is 32.7 Å². The molecule has 0 amide bonds. The van der Waals surface area contributed by atoms with Gasteiger partial charge in [0.15, 0.2) is 5.78 Å². The van der Waals surface area contributed by atoms with Crippen molar-refractivity contribution in [3.63, 3.8) is 0 Å². The van der Waals surface area contributed by atoms with Gasteiger partial charge in [0.05, 0.1) is 12.6 Å². The lowest BCUT2D eigenvalue weighted by molar-refractivity contribution is -0.115. The van der Waals surface area contributed by atoms with E-state index in [1.54, 1.807) is 0 Å². The molecule has 23 heavy (non-hydrogen) atoms. The van der Waals surface area contributed by atoms with Gasteiger partial charge in [-0.3, -0.25) is 9.69 Å². The molecule has 1 aliphatic rings. The van der Waals surface area contributed by atoms with Crippen molar-refractivity contribution in [2.75, 3.05) is 20.2 Å². The molecule has 4 nitrogen and oxygen atoms in total. The summed E-state index contributed by atoms with van der Waals surface area (Å²) in [6.07, 6.45) is 1.24. The number of carbonyl (C=O) groups is 1. The third kappa shape index (κ3) is 4.02. The van der Waals surface area contributed by atoms with Gasteiger partial charge >= 0.3 is 0 Å². The van der Waals surface area contributed by atoms with E-state index in [1.807, 2.05) is 45.2 Å². The molecule has 0 aliphatic carbocycles. The van der Waals surface area contributed by atoms with Crippen molar-refractivity contribution in [1.82, 2.24) is 4.90 Å². The van der Waals surface area contributed by atoms with Gasteiger partial charge in [0, 0.05) is 24.2 Å². The Morgan fingerprint density at radius 1 is 1.48 bits per heavy atom. The normalized spacial score (nSPS) is 18.8. The number of nitrogens with zero attached hydrogens (tertiary/aromatic N) is 1. The zero-order valence-electron chi connectivity index (χ0n) is 14.3. The molecule has 0 fully saturated rings.